The maximum Gasteiger partial charge on any atom is 0.261 e. The number of hydrogen-bond donors (Lipinski definition) is 0. The third-order valence-electron chi connectivity index (χ3n) is 4.26. The number of benzene rings is 1. The lowest BCUT2D eigenvalue weighted by molar-refractivity contribution is -0.134. The first kappa shape index (κ1) is 14.8. The molecule has 1 aliphatic heterocycles. The second-order valence-electron chi connectivity index (χ2n) is 6.44. The van der Waals surface area contributed by atoms with Crippen molar-refractivity contribution in [2.75, 3.05) is 13.1 Å². The number of piperidine rings is 1. The summed E-state index contributed by atoms with van der Waals surface area (Å²) in [5, 5.41) is 0.554. The van der Waals surface area contributed by atoms with Crippen LogP contribution in [0.4, 0.5) is 0 Å². The summed E-state index contributed by atoms with van der Waals surface area (Å²) < 4.78 is 1.41. The lowest BCUT2D eigenvalue weighted by atomic mass is 9.92. The van der Waals surface area contributed by atoms with Gasteiger partial charge in [0.05, 0.1) is 17.2 Å². The summed E-state index contributed by atoms with van der Waals surface area (Å²) in [6.45, 7) is 5.95. The molecule has 5 nitrogen and oxygen atoms in total. The highest BCUT2D eigenvalue weighted by molar-refractivity contribution is 5.79. The van der Waals surface area contributed by atoms with Gasteiger partial charge in [-0.2, -0.15) is 0 Å². The summed E-state index contributed by atoms with van der Waals surface area (Å²) in [5.41, 5.74) is 0.508. The van der Waals surface area contributed by atoms with Gasteiger partial charge in [-0.3, -0.25) is 14.2 Å². The third-order valence-corrected chi connectivity index (χ3v) is 4.26. The Labute approximate surface area is 129 Å². The van der Waals surface area contributed by atoms with E-state index < -0.39 is 0 Å². The number of fused-ring (bicyclic) bond motifs is 1. The van der Waals surface area contributed by atoms with E-state index >= 15 is 0 Å². The van der Waals surface area contributed by atoms with E-state index in [9.17, 15) is 9.59 Å². The quantitative estimate of drug-likeness (QED) is 0.851. The SMILES string of the molecule is CC1CC(C)CN(C(=O)Cn2cnc3ccccc3c2=O)C1. The number of aromatic nitrogens is 2. The Morgan fingerprint density at radius 2 is 1.91 bits per heavy atom. The van der Waals surface area contributed by atoms with Crippen LogP contribution in [0.25, 0.3) is 10.9 Å². The van der Waals surface area contributed by atoms with E-state index in [1.807, 2.05) is 17.0 Å². The molecule has 0 aliphatic carbocycles. The maximum absolute atomic E-state index is 12.5. The molecule has 0 bridgehead atoms. The molecule has 1 aromatic heterocycles. The molecule has 0 spiro atoms. The first-order chi connectivity index (χ1) is 10.5. The highest BCUT2D eigenvalue weighted by atomic mass is 16.2. The van der Waals surface area contributed by atoms with Crippen LogP contribution in [0.1, 0.15) is 20.3 Å². The maximum atomic E-state index is 12.5. The first-order valence-corrected chi connectivity index (χ1v) is 7.76. The Balaban J connectivity index is 1.82. The Kier molecular flexibility index (Phi) is 3.96. The van der Waals surface area contributed by atoms with Crippen LogP contribution in [0.2, 0.25) is 0 Å². The van der Waals surface area contributed by atoms with Crippen LogP contribution in [-0.4, -0.2) is 33.4 Å². The van der Waals surface area contributed by atoms with Gasteiger partial charge in [-0.25, -0.2) is 4.98 Å². The number of rotatable bonds is 2. The van der Waals surface area contributed by atoms with E-state index in [0.29, 0.717) is 22.7 Å². The fourth-order valence-electron chi connectivity index (χ4n) is 3.33. The fraction of sp³-hybridized carbons (Fsp3) is 0.471. The molecule has 2 atom stereocenters. The molecule has 116 valence electrons. The number of likely N-dealkylation sites (tertiary alicyclic amines) is 1. The number of amides is 1. The van der Waals surface area contributed by atoms with Gasteiger partial charge >= 0.3 is 0 Å². The van der Waals surface area contributed by atoms with Crippen molar-refractivity contribution in [2.24, 2.45) is 11.8 Å². The number of carbonyl (C=O) groups is 1. The summed E-state index contributed by atoms with van der Waals surface area (Å²) in [5.74, 6) is 1.02. The Morgan fingerprint density at radius 1 is 1.23 bits per heavy atom. The van der Waals surface area contributed by atoms with Crippen molar-refractivity contribution in [3.8, 4) is 0 Å². The molecule has 3 rings (SSSR count). The minimum atomic E-state index is -0.156. The normalized spacial score (nSPS) is 22.0. The smallest absolute Gasteiger partial charge is 0.261 e. The van der Waals surface area contributed by atoms with E-state index in [0.717, 1.165) is 19.5 Å². The third kappa shape index (κ3) is 2.89. The highest BCUT2D eigenvalue weighted by Gasteiger charge is 2.25. The van der Waals surface area contributed by atoms with Gasteiger partial charge in [0.25, 0.3) is 5.56 Å². The van der Waals surface area contributed by atoms with E-state index in [2.05, 4.69) is 18.8 Å². The molecule has 22 heavy (non-hydrogen) atoms. The molecule has 1 fully saturated rings. The zero-order valence-electron chi connectivity index (χ0n) is 13.0. The number of hydrogen-bond acceptors (Lipinski definition) is 3. The number of para-hydroxylation sites is 1. The van der Waals surface area contributed by atoms with E-state index in [1.54, 1.807) is 12.1 Å². The van der Waals surface area contributed by atoms with Gasteiger partial charge < -0.3 is 4.90 Å². The van der Waals surface area contributed by atoms with Gasteiger partial charge in [-0.15, -0.1) is 0 Å². The molecule has 2 heterocycles. The largest absolute Gasteiger partial charge is 0.341 e. The van der Waals surface area contributed by atoms with Crippen LogP contribution in [0.3, 0.4) is 0 Å². The van der Waals surface area contributed by atoms with Gasteiger partial charge in [0, 0.05) is 13.1 Å². The molecule has 1 saturated heterocycles. The van der Waals surface area contributed by atoms with Crippen molar-refractivity contribution < 1.29 is 4.79 Å². The van der Waals surface area contributed by atoms with Gasteiger partial charge in [0.15, 0.2) is 0 Å². The summed E-state index contributed by atoms with van der Waals surface area (Å²) >= 11 is 0. The standard InChI is InChI=1S/C17H21N3O2/c1-12-7-13(2)9-19(8-12)16(21)10-20-11-18-15-6-4-3-5-14(15)17(20)22/h3-6,11-13H,7-10H2,1-2H3. The Morgan fingerprint density at radius 3 is 2.64 bits per heavy atom. The molecule has 1 amide bonds. The molecule has 5 heteroatoms. The van der Waals surface area contributed by atoms with Crippen molar-refractivity contribution in [3.63, 3.8) is 0 Å². The van der Waals surface area contributed by atoms with Crippen LogP contribution >= 0.6 is 0 Å². The minimum Gasteiger partial charge on any atom is -0.341 e. The monoisotopic (exact) mass is 299 g/mol. The minimum absolute atomic E-state index is 0.00224. The van der Waals surface area contributed by atoms with Gasteiger partial charge in [0.2, 0.25) is 5.91 Å². The summed E-state index contributed by atoms with van der Waals surface area (Å²) in [4.78, 5) is 31.1. The molecule has 2 unspecified atom stereocenters. The van der Waals surface area contributed by atoms with Crippen LogP contribution in [0.5, 0.6) is 0 Å². The lowest BCUT2D eigenvalue weighted by Crippen LogP contribution is -2.44. The van der Waals surface area contributed by atoms with Crippen LogP contribution in [0, 0.1) is 11.8 Å². The van der Waals surface area contributed by atoms with Crippen LogP contribution < -0.4 is 5.56 Å². The lowest BCUT2D eigenvalue weighted by Gasteiger charge is -2.35. The van der Waals surface area contributed by atoms with Crippen molar-refractivity contribution in [3.05, 3.63) is 40.9 Å². The molecular weight excluding hydrogens is 278 g/mol. The van der Waals surface area contributed by atoms with Crippen molar-refractivity contribution in [1.29, 1.82) is 0 Å². The van der Waals surface area contributed by atoms with E-state index in [4.69, 9.17) is 0 Å². The second kappa shape index (κ2) is 5.91. The Hall–Kier alpha value is -2.17. The van der Waals surface area contributed by atoms with E-state index in [1.165, 1.54) is 10.9 Å². The average molecular weight is 299 g/mol. The summed E-state index contributed by atoms with van der Waals surface area (Å²) in [6, 6.07) is 7.21. The molecule has 0 radical (unpaired) electrons. The van der Waals surface area contributed by atoms with Crippen molar-refractivity contribution >= 4 is 16.8 Å². The number of carbonyl (C=O) groups excluding carboxylic acids is 1. The number of nitrogens with zero attached hydrogens (tertiary/aromatic N) is 3. The van der Waals surface area contributed by atoms with Gasteiger partial charge in [0.1, 0.15) is 6.54 Å². The van der Waals surface area contributed by atoms with Crippen molar-refractivity contribution in [2.45, 2.75) is 26.8 Å². The topological polar surface area (TPSA) is 55.2 Å². The van der Waals surface area contributed by atoms with Gasteiger partial charge in [-0.1, -0.05) is 26.0 Å². The molecule has 1 aromatic carbocycles. The zero-order valence-corrected chi connectivity index (χ0v) is 13.0. The van der Waals surface area contributed by atoms with Gasteiger partial charge in [-0.05, 0) is 30.4 Å². The molecule has 1 aliphatic rings. The summed E-state index contributed by atoms with van der Waals surface area (Å²) in [6.07, 6.45) is 2.63. The predicted octanol–water partition coefficient (Wildman–Crippen LogP) is 1.90. The van der Waals surface area contributed by atoms with E-state index in [-0.39, 0.29) is 18.0 Å². The fourth-order valence-corrected chi connectivity index (χ4v) is 3.33. The second-order valence-corrected chi connectivity index (χ2v) is 6.44. The molecular formula is C17H21N3O2. The summed E-state index contributed by atoms with van der Waals surface area (Å²) in [7, 11) is 0. The zero-order chi connectivity index (χ0) is 15.7. The van der Waals surface area contributed by atoms with Crippen LogP contribution in [0.15, 0.2) is 35.4 Å². The first-order valence-electron chi connectivity index (χ1n) is 7.76. The predicted molar refractivity (Wildman–Crippen MR) is 85.5 cm³/mol. The van der Waals surface area contributed by atoms with Crippen molar-refractivity contribution in [1.82, 2.24) is 14.5 Å². The molecule has 0 N–H and O–H groups in total. The molecule has 0 saturated carbocycles. The Bertz CT molecular complexity index is 743. The highest BCUT2D eigenvalue weighted by Crippen LogP contribution is 2.21. The average Bonchev–Trinajstić information content (AvgIpc) is 2.49. The molecule has 2 aromatic rings. The van der Waals surface area contributed by atoms with Crippen LogP contribution in [-0.2, 0) is 11.3 Å².